The Hall–Kier alpha value is -1.56. The van der Waals surface area contributed by atoms with Gasteiger partial charge in [-0.1, -0.05) is 13.8 Å². The maximum atomic E-state index is 12.2. The molecule has 0 aliphatic carbocycles. The van der Waals surface area contributed by atoms with Gasteiger partial charge in [0.1, 0.15) is 0 Å². The molecule has 2 heterocycles. The molecule has 2 amide bonds. The van der Waals surface area contributed by atoms with Gasteiger partial charge in [-0.3, -0.25) is 4.68 Å². The monoisotopic (exact) mass is 294 g/mol. The molecule has 21 heavy (non-hydrogen) atoms. The van der Waals surface area contributed by atoms with Gasteiger partial charge in [-0.05, 0) is 24.3 Å². The molecule has 6 heteroatoms. The Morgan fingerprint density at radius 3 is 3.05 bits per heavy atom. The predicted molar refractivity (Wildman–Crippen MR) is 80.9 cm³/mol. The smallest absolute Gasteiger partial charge is 0.317 e. The fraction of sp³-hybridized carbons (Fsp3) is 0.733. The summed E-state index contributed by atoms with van der Waals surface area (Å²) in [4.78, 5) is 14.1. The first-order chi connectivity index (χ1) is 10.1. The predicted octanol–water partition coefficient (Wildman–Crippen LogP) is 1.59. The molecule has 3 atom stereocenters. The summed E-state index contributed by atoms with van der Waals surface area (Å²) in [7, 11) is 1.72. The average molecular weight is 294 g/mol. The van der Waals surface area contributed by atoms with E-state index in [0.29, 0.717) is 24.9 Å². The van der Waals surface area contributed by atoms with Gasteiger partial charge in [0.05, 0.1) is 6.10 Å². The lowest BCUT2D eigenvalue weighted by molar-refractivity contribution is 0.00709. The van der Waals surface area contributed by atoms with Crippen LogP contribution in [0.15, 0.2) is 18.5 Å². The van der Waals surface area contributed by atoms with Crippen LogP contribution in [0.2, 0.25) is 0 Å². The molecule has 2 rings (SSSR count). The molecule has 6 nitrogen and oxygen atoms in total. The topological polar surface area (TPSA) is 59.4 Å². The van der Waals surface area contributed by atoms with Crippen LogP contribution in [0.3, 0.4) is 0 Å². The third-order valence-corrected chi connectivity index (χ3v) is 4.14. The van der Waals surface area contributed by atoms with Crippen LogP contribution < -0.4 is 5.32 Å². The molecule has 0 saturated carbocycles. The van der Waals surface area contributed by atoms with Crippen LogP contribution in [0.25, 0.3) is 0 Å². The van der Waals surface area contributed by atoms with Gasteiger partial charge in [-0.15, -0.1) is 0 Å². The molecular formula is C15H26N4O2. The molecule has 1 aromatic rings. The number of hydrogen-bond donors (Lipinski definition) is 1. The largest absolute Gasteiger partial charge is 0.379 e. The van der Waals surface area contributed by atoms with E-state index in [2.05, 4.69) is 24.3 Å². The number of carbonyl (C=O) groups is 1. The minimum atomic E-state index is 0.0104. The third kappa shape index (κ3) is 4.46. The first kappa shape index (κ1) is 15.8. The van der Waals surface area contributed by atoms with Crippen LogP contribution in [0.5, 0.6) is 0 Å². The van der Waals surface area contributed by atoms with Crippen molar-refractivity contribution in [2.45, 2.75) is 32.9 Å². The highest BCUT2D eigenvalue weighted by Gasteiger charge is 2.28. The van der Waals surface area contributed by atoms with Gasteiger partial charge in [0.2, 0.25) is 0 Å². The number of carbonyl (C=O) groups excluding carboxylic acids is 1. The van der Waals surface area contributed by atoms with Gasteiger partial charge < -0.3 is 15.0 Å². The van der Waals surface area contributed by atoms with Crippen LogP contribution in [0.1, 0.15) is 20.3 Å². The van der Waals surface area contributed by atoms with Crippen molar-refractivity contribution in [2.75, 3.05) is 26.7 Å². The molecule has 1 aromatic heterocycles. The number of hydrogen-bond acceptors (Lipinski definition) is 3. The molecule has 1 aliphatic heterocycles. The maximum Gasteiger partial charge on any atom is 0.317 e. The molecule has 1 saturated heterocycles. The number of amides is 2. The van der Waals surface area contributed by atoms with Crippen molar-refractivity contribution in [1.29, 1.82) is 0 Å². The number of methoxy groups -OCH3 is 1. The van der Waals surface area contributed by atoms with E-state index in [1.54, 1.807) is 13.3 Å². The SMILES string of the molecule is CO[C@@H]1CN(C(=O)NC[C@@H](C)Cn2cccn2)CC[C@@H]1C. The van der Waals surface area contributed by atoms with E-state index in [4.69, 9.17) is 4.74 Å². The summed E-state index contributed by atoms with van der Waals surface area (Å²) in [6, 6.07) is 1.92. The van der Waals surface area contributed by atoms with Crippen LogP contribution in [-0.2, 0) is 11.3 Å². The fourth-order valence-electron chi connectivity index (χ4n) is 2.69. The number of ether oxygens (including phenoxy) is 1. The minimum Gasteiger partial charge on any atom is -0.379 e. The summed E-state index contributed by atoms with van der Waals surface area (Å²) in [5.41, 5.74) is 0. The molecule has 0 radical (unpaired) electrons. The normalized spacial score (nSPS) is 23.9. The molecular weight excluding hydrogens is 268 g/mol. The van der Waals surface area contributed by atoms with Gasteiger partial charge >= 0.3 is 6.03 Å². The Bertz CT molecular complexity index is 435. The Morgan fingerprint density at radius 1 is 1.57 bits per heavy atom. The summed E-state index contributed by atoms with van der Waals surface area (Å²) in [5.74, 6) is 0.855. The standard InChI is InChI=1S/C15H26N4O2/c1-12(10-19-7-4-6-17-19)9-16-15(20)18-8-5-13(2)14(11-18)21-3/h4,6-7,12-14H,5,8-11H2,1-3H3,(H,16,20)/t12-,13+,14-/m1/s1. The van der Waals surface area contributed by atoms with Crippen LogP contribution >= 0.6 is 0 Å². The average Bonchev–Trinajstić information content (AvgIpc) is 2.98. The summed E-state index contributed by atoms with van der Waals surface area (Å²) in [6.07, 6.45) is 4.85. The van der Waals surface area contributed by atoms with Crippen LogP contribution in [0, 0.1) is 11.8 Å². The molecule has 1 N–H and O–H groups in total. The van der Waals surface area contributed by atoms with Crippen molar-refractivity contribution in [3.63, 3.8) is 0 Å². The van der Waals surface area contributed by atoms with E-state index >= 15 is 0 Å². The summed E-state index contributed by atoms with van der Waals surface area (Å²) in [5, 5.41) is 7.19. The zero-order chi connectivity index (χ0) is 15.2. The summed E-state index contributed by atoms with van der Waals surface area (Å²) in [6.45, 7) is 7.23. The zero-order valence-corrected chi connectivity index (χ0v) is 13.2. The third-order valence-electron chi connectivity index (χ3n) is 4.14. The second-order valence-electron chi connectivity index (χ2n) is 6.01. The van der Waals surface area contributed by atoms with Gasteiger partial charge in [-0.25, -0.2) is 4.79 Å². The molecule has 0 unspecified atom stereocenters. The Labute approximate surface area is 126 Å². The highest BCUT2D eigenvalue weighted by atomic mass is 16.5. The molecule has 118 valence electrons. The van der Waals surface area contributed by atoms with Crippen LogP contribution in [-0.4, -0.2) is 53.6 Å². The minimum absolute atomic E-state index is 0.0104. The number of urea groups is 1. The molecule has 1 aliphatic rings. The lowest BCUT2D eigenvalue weighted by Crippen LogP contribution is -2.50. The summed E-state index contributed by atoms with van der Waals surface area (Å²) < 4.78 is 7.34. The number of likely N-dealkylation sites (tertiary alicyclic amines) is 1. The maximum absolute atomic E-state index is 12.2. The van der Waals surface area contributed by atoms with Gasteiger partial charge in [0.25, 0.3) is 0 Å². The van der Waals surface area contributed by atoms with E-state index in [0.717, 1.165) is 19.5 Å². The Kier molecular flexibility index (Phi) is 5.61. The van der Waals surface area contributed by atoms with Crippen molar-refractivity contribution < 1.29 is 9.53 Å². The first-order valence-electron chi connectivity index (χ1n) is 7.63. The number of aromatic nitrogens is 2. The van der Waals surface area contributed by atoms with Crippen molar-refractivity contribution in [3.05, 3.63) is 18.5 Å². The first-order valence-corrected chi connectivity index (χ1v) is 7.63. The molecule has 0 aromatic carbocycles. The lowest BCUT2D eigenvalue weighted by Gasteiger charge is -2.36. The van der Waals surface area contributed by atoms with E-state index in [1.165, 1.54) is 0 Å². The van der Waals surface area contributed by atoms with E-state index in [1.807, 2.05) is 21.8 Å². The number of nitrogens with zero attached hydrogens (tertiary/aromatic N) is 3. The highest BCUT2D eigenvalue weighted by molar-refractivity contribution is 5.74. The quantitative estimate of drug-likeness (QED) is 0.897. The van der Waals surface area contributed by atoms with Gasteiger partial charge in [0, 0.05) is 45.7 Å². The molecule has 0 bridgehead atoms. The Morgan fingerprint density at radius 2 is 2.38 bits per heavy atom. The van der Waals surface area contributed by atoms with Crippen molar-refractivity contribution >= 4 is 6.03 Å². The van der Waals surface area contributed by atoms with Gasteiger partial charge in [0.15, 0.2) is 0 Å². The van der Waals surface area contributed by atoms with E-state index in [9.17, 15) is 4.79 Å². The lowest BCUT2D eigenvalue weighted by atomic mass is 9.96. The molecule has 1 fully saturated rings. The highest BCUT2D eigenvalue weighted by Crippen LogP contribution is 2.19. The number of rotatable bonds is 5. The van der Waals surface area contributed by atoms with Crippen molar-refractivity contribution in [2.24, 2.45) is 11.8 Å². The van der Waals surface area contributed by atoms with Crippen LogP contribution in [0.4, 0.5) is 4.79 Å². The number of nitrogens with one attached hydrogen (secondary N) is 1. The number of piperidine rings is 1. The zero-order valence-electron chi connectivity index (χ0n) is 13.2. The second-order valence-corrected chi connectivity index (χ2v) is 6.01. The fourth-order valence-corrected chi connectivity index (χ4v) is 2.69. The Balaban J connectivity index is 1.74. The van der Waals surface area contributed by atoms with E-state index in [-0.39, 0.29) is 12.1 Å². The second kappa shape index (κ2) is 7.45. The van der Waals surface area contributed by atoms with Gasteiger partial charge in [-0.2, -0.15) is 5.10 Å². The van der Waals surface area contributed by atoms with Crippen molar-refractivity contribution in [3.8, 4) is 0 Å². The summed E-state index contributed by atoms with van der Waals surface area (Å²) >= 11 is 0. The van der Waals surface area contributed by atoms with Crippen molar-refractivity contribution in [1.82, 2.24) is 20.0 Å². The van der Waals surface area contributed by atoms with E-state index < -0.39 is 0 Å². The molecule has 0 spiro atoms.